The Bertz CT molecular complexity index is 351. The Kier molecular flexibility index (Phi) is 4.03. The van der Waals surface area contributed by atoms with Gasteiger partial charge in [0.05, 0.1) is 0 Å². The van der Waals surface area contributed by atoms with Crippen LogP contribution in [-0.4, -0.2) is 40.1 Å². The molecule has 1 aliphatic heterocycles. The van der Waals surface area contributed by atoms with Gasteiger partial charge in [-0.3, -0.25) is 9.59 Å². The van der Waals surface area contributed by atoms with Crippen LogP contribution in [-0.2, 0) is 9.59 Å². The first-order valence-electron chi connectivity index (χ1n) is 5.18. The summed E-state index contributed by atoms with van der Waals surface area (Å²) in [7, 11) is 0. The number of rotatable bonds is 3. The Morgan fingerprint density at radius 3 is 2.47 bits per heavy atom. The van der Waals surface area contributed by atoms with Gasteiger partial charge in [-0.15, -0.1) is 0 Å². The maximum Gasteiger partial charge on any atom is 0.326 e. The van der Waals surface area contributed by atoms with Gasteiger partial charge in [0.15, 0.2) is 0 Å². The van der Waals surface area contributed by atoms with Gasteiger partial charge in [0.1, 0.15) is 12.1 Å². The molecule has 0 radical (unpaired) electrons. The van der Waals surface area contributed by atoms with Gasteiger partial charge < -0.3 is 15.7 Å². The summed E-state index contributed by atoms with van der Waals surface area (Å²) in [6, 6.07) is -1.62. The molecule has 0 aromatic carbocycles. The molecule has 96 valence electrons. The molecule has 7 heteroatoms. The lowest BCUT2D eigenvalue weighted by molar-refractivity contribution is -0.145. The average Bonchev–Trinajstić information content (AvgIpc) is 2.58. The molecular formula is C10H16N2O4S. The highest BCUT2D eigenvalue weighted by atomic mass is 32.2. The fraction of sp³-hybridized carbons (Fsp3) is 0.700. The summed E-state index contributed by atoms with van der Waals surface area (Å²) >= 11 is 1.02. The first-order valence-corrected chi connectivity index (χ1v) is 6.17. The number of carboxylic acids is 1. The molecule has 0 saturated carbocycles. The molecule has 2 unspecified atom stereocenters. The number of carbonyl (C=O) groups excluding carboxylic acids is 2. The van der Waals surface area contributed by atoms with Crippen LogP contribution in [0, 0.1) is 5.41 Å². The highest BCUT2D eigenvalue weighted by molar-refractivity contribution is 8.14. The molecule has 1 saturated heterocycles. The van der Waals surface area contributed by atoms with Crippen LogP contribution in [0.1, 0.15) is 20.8 Å². The molecule has 0 bridgehead atoms. The van der Waals surface area contributed by atoms with Crippen molar-refractivity contribution < 1.29 is 19.5 Å². The fourth-order valence-electron chi connectivity index (χ4n) is 1.42. The summed E-state index contributed by atoms with van der Waals surface area (Å²) in [6.07, 6.45) is 0. The Morgan fingerprint density at radius 2 is 2.12 bits per heavy atom. The zero-order chi connectivity index (χ0) is 13.2. The first kappa shape index (κ1) is 13.8. The molecule has 1 fully saturated rings. The predicted molar refractivity (Wildman–Crippen MR) is 63.8 cm³/mol. The molecule has 0 aromatic rings. The third-order valence-corrected chi connectivity index (χ3v) is 3.27. The van der Waals surface area contributed by atoms with E-state index >= 15 is 0 Å². The van der Waals surface area contributed by atoms with E-state index in [2.05, 4.69) is 10.6 Å². The van der Waals surface area contributed by atoms with Gasteiger partial charge in [-0.25, -0.2) is 4.79 Å². The van der Waals surface area contributed by atoms with E-state index in [1.54, 1.807) is 20.8 Å². The number of aliphatic carboxylic acids is 1. The minimum Gasteiger partial charge on any atom is -0.480 e. The van der Waals surface area contributed by atoms with Gasteiger partial charge in [0, 0.05) is 5.75 Å². The Balaban J connectivity index is 2.65. The molecule has 1 heterocycles. The van der Waals surface area contributed by atoms with Gasteiger partial charge in [0.25, 0.3) is 5.24 Å². The molecule has 1 aliphatic rings. The van der Waals surface area contributed by atoms with E-state index in [9.17, 15) is 14.4 Å². The Labute approximate surface area is 104 Å². The van der Waals surface area contributed by atoms with Crippen molar-refractivity contribution >= 4 is 28.9 Å². The Hall–Kier alpha value is -1.24. The van der Waals surface area contributed by atoms with Crippen molar-refractivity contribution in [3.63, 3.8) is 0 Å². The second kappa shape index (κ2) is 4.95. The summed E-state index contributed by atoms with van der Waals surface area (Å²) in [5, 5.41) is 13.7. The summed E-state index contributed by atoms with van der Waals surface area (Å²) in [5.74, 6) is -1.20. The lowest BCUT2D eigenvalue weighted by Crippen LogP contribution is -2.54. The Morgan fingerprint density at radius 1 is 1.53 bits per heavy atom. The number of amides is 2. The quantitative estimate of drug-likeness (QED) is 0.684. The molecule has 0 aliphatic carbocycles. The van der Waals surface area contributed by atoms with E-state index in [4.69, 9.17) is 5.11 Å². The molecule has 0 spiro atoms. The van der Waals surface area contributed by atoms with Crippen LogP contribution in [0.3, 0.4) is 0 Å². The summed E-state index contributed by atoms with van der Waals surface area (Å²) in [6.45, 7) is 5.19. The standard InChI is InChI=1S/C10H16N2O4S/c1-10(2,3)6(8(14)15)12-7(13)5-4-17-9(16)11-5/h5-6H,4H2,1-3H3,(H,11,16)(H,12,13)(H,14,15). The number of thioether (sulfide) groups is 1. The zero-order valence-electron chi connectivity index (χ0n) is 9.94. The van der Waals surface area contributed by atoms with Crippen molar-refractivity contribution in [3.05, 3.63) is 0 Å². The van der Waals surface area contributed by atoms with E-state index < -0.39 is 29.4 Å². The number of carbonyl (C=O) groups is 3. The summed E-state index contributed by atoms with van der Waals surface area (Å²) in [4.78, 5) is 33.7. The predicted octanol–water partition coefficient (Wildman–Crippen LogP) is 0.427. The van der Waals surface area contributed by atoms with Crippen LogP contribution in [0.2, 0.25) is 0 Å². The van der Waals surface area contributed by atoms with Crippen LogP contribution in [0.4, 0.5) is 4.79 Å². The molecule has 17 heavy (non-hydrogen) atoms. The highest BCUT2D eigenvalue weighted by Crippen LogP contribution is 2.20. The van der Waals surface area contributed by atoms with E-state index in [1.165, 1.54) is 0 Å². The smallest absolute Gasteiger partial charge is 0.326 e. The van der Waals surface area contributed by atoms with Crippen LogP contribution in [0.25, 0.3) is 0 Å². The minimum absolute atomic E-state index is 0.257. The van der Waals surface area contributed by atoms with Crippen LogP contribution >= 0.6 is 11.8 Å². The number of carboxylic acid groups (broad SMARTS) is 1. The zero-order valence-corrected chi connectivity index (χ0v) is 10.8. The lowest BCUT2D eigenvalue weighted by Gasteiger charge is -2.28. The average molecular weight is 260 g/mol. The van der Waals surface area contributed by atoms with Crippen molar-refractivity contribution in [2.45, 2.75) is 32.9 Å². The SMILES string of the molecule is CC(C)(C)C(NC(=O)C1CSC(=O)N1)C(=O)O. The van der Waals surface area contributed by atoms with Crippen molar-refractivity contribution in [1.82, 2.24) is 10.6 Å². The molecule has 3 N–H and O–H groups in total. The van der Waals surface area contributed by atoms with E-state index in [0.29, 0.717) is 5.75 Å². The van der Waals surface area contributed by atoms with Crippen molar-refractivity contribution in [1.29, 1.82) is 0 Å². The van der Waals surface area contributed by atoms with E-state index in [-0.39, 0.29) is 5.24 Å². The number of hydrogen-bond donors (Lipinski definition) is 3. The molecule has 2 atom stereocenters. The van der Waals surface area contributed by atoms with Gasteiger partial charge in [-0.2, -0.15) is 0 Å². The minimum atomic E-state index is -1.08. The van der Waals surface area contributed by atoms with E-state index in [0.717, 1.165) is 11.8 Å². The maximum atomic E-state index is 11.7. The molecular weight excluding hydrogens is 244 g/mol. The second-order valence-corrected chi connectivity index (χ2v) is 5.93. The fourth-order valence-corrected chi connectivity index (χ4v) is 2.20. The topological polar surface area (TPSA) is 95.5 Å². The second-order valence-electron chi connectivity index (χ2n) is 4.94. The third-order valence-electron chi connectivity index (χ3n) is 2.39. The maximum absolute atomic E-state index is 11.7. The van der Waals surface area contributed by atoms with Crippen LogP contribution < -0.4 is 10.6 Å². The number of hydrogen-bond acceptors (Lipinski definition) is 4. The summed E-state index contributed by atoms with van der Waals surface area (Å²) in [5.41, 5.74) is -0.586. The molecule has 0 aromatic heterocycles. The monoisotopic (exact) mass is 260 g/mol. The van der Waals surface area contributed by atoms with Crippen LogP contribution in [0.5, 0.6) is 0 Å². The van der Waals surface area contributed by atoms with Gasteiger partial charge in [0.2, 0.25) is 5.91 Å². The van der Waals surface area contributed by atoms with E-state index in [1.807, 2.05) is 0 Å². The van der Waals surface area contributed by atoms with Gasteiger partial charge in [-0.1, -0.05) is 32.5 Å². The van der Waals surface area contributed by atoms with Crippen molar-refractivity contribution in [2.24, 2.45) is 5.41 Å². The molecule has 2 amide bonds. The summed E-state index contributed by atoms with van der Waals surface area (Å²) < 4.78 is 0. The molecule has 1 rings (SSSR count). The van der Waals surface area contributed by atoms with Crippen molar-refractivity contribution in [2.75, 3.05) is 5.75 Å². The third kappa shape index (κ3) is 3.62. The lowest BCUT2D eigenvalue weighted by atomic mass is 9.86. The normalized spacial score (nSPS) is 21.8. The number of nitrogens with one attached hydrogen (secondary N) is 2. The largest absolute Gasteiger partial charge is 0.480 e. The van der Waals surface area contributed by atoms with Crippen LogP contribution in [0.15, 0.2) is 0 Å². The first-order chi connectivity index (χ1) is 7.71. The van der Waals surface area contributed by atoms with Gasteiger partial charge >= 0.3 is 5.97 Å². The molecule has 6 nitrogen and oxygen atoms in total. The van der Waals surface area contributed by atoms with Gasteiger partial charge in [-0.05, 0) is 5.41 Å². The van der Waals surface area contributed by atoms with Crippen molar-refractivity contribution in [3.8, 4) is 0 Å². The highest BCUT2D eigenvalue weighted by Gasteiger charge is 2.36.